The van der Waals surface area contributed by atoms with Gasteiger partial charge in [-0.1, -0.05) is 30.3 Å². The van der Waals surface area contributed by atoms with Crippen LogP contribution in [0.3, 0.4) is 0 Å². The summed E-state index contributed by atoms with van der Waals surface area (Å²) in [6.07, 6.45) is 3.93. The van der Waals surface area contributed by atoms with Crippen LogP contribution in [0.5, 0.6) is 0 Å². The van der Waals surface area contributed by atoms with Crippen molar-refractivity contribution in [3.63, 3.8) is 0 Å². The fourth-order valence-corrected chi connectivity index (χ4v) is 4.16. The number of carbonyl (C=O) groups is 1. The Morgan fingerprint density at radius 1 is 1.27 bits per heavy atom. The number of carbonyl (C=O) groups excluding carboxylic acids is 1. The predicted molar refractivity (Wildman–Crippen MR) is 103 cm³/mol. The number of amides is 1. The van der Waals surface area contributed by atoms with Crippen LogP contribution in [0.15, 0.2) is 53.5 Å². The molecule has 3 heterocycles. The van der Waals surface area contributed by atoms with E-state index in [9.17, 15) is 9.59 Å². The highest BCUT2D eigenvalue weighted by Crippen LogP contribution is 2.23. The molecule has 1 aliphatic rings. The highest BCUT2D eigenvalue weighted by atomic mass is 32.1. The van der Waals surface area contributed by atoms with Crippen LogP contribution in [0.2, 0.25) is 0 Å². The van der Waals surface area contributed by atoms with E-state index in [1.807, 2.05) is 36.4 Å². The van der Waals surface area contributed by atoms with E-state index in [0.29, 0.717) is 23.4 Å². The first kappa shape index (κ1) is 17.0. The van der Waals surface area contributed by atoms with Gasteiger partial charge < -0.3 is 14.6 Å². The first-order chi connectivity index (χ1) is 12.7. The van der Waals surface area contributed by atoms with Crippen molar-refractivity contribution in [1.82, 2.24) is 9.88 Å². The zero-order valence-corrected chi connectivity index (χ0v) is 15.1. The molecule has 6 heteroatoms. The Morgan fingerprint density at radius 3 is 2.88 bits per heavy atom. The largest absolute Gasteiger partial charge is 0.376 e. The van der Waals surface area contributed by atoms with Crippen LogP contribution in [0, 0.1) is 0 Å². The number of hydrogen-bond acceptors (Lipinski definition) is 4. The number of nitrogens with zero attached hydrogens (tertiary/aromatic N) is 1. The zero-order chi connectivity index (χ0) is 17.9. The Bertz CT molecular complexity index is 972. The molecule has 4 rings (SSSR count). The van der Waals surface area contributed by atoms with Crippen molar-refractivity contribution >= 4 is 27.3 Å². The van der Waals surface area contributed by atoms with Gasteiger partial charge in [0.25, 0.3) is 11.5 Å². The summed E-state index contributed by atoms with van der Waals surface area (Å²) >= 11 is 1.35. The fraction of sp³-hybridized carbons (Fsp3) is 0.300. The fourth-order valence-electron chi connectivity index (χ4n) is 3.19. The van der Waals surface area contributed by atoms with Crippen molar-refractivity contribution < 1.29 is 9.53 Å². The molecule has 134 valence electrons. The minimum Gasteiger partial charge on any atom is -0.376 e. The molecule has 1 atom stereocenters. The first-order valence-electron chi connectivity index (χ1n) is 8.77. The number of ether oxygens (including phenoxy) is 1. The van der Waals surface area contributed by atoms with Crippen LogP contribution < -0.4 is 10.9 Å². The molecular formula is C20H20N2O3S. The second-order valence-corrected chi connectivity index (χ2v) is 7.55. The summed E-state index contributed by atoms with van der Waals surface area (Å²) in [7, 11) is 0. The van der Waals surface area contributed by atoms with Crippen LogP contribution in [0.4, 0.5) is 0 Å². The topological polar surface area (TPSA) is 60.3 Å². The van der Waals surface area contributed by atoms with Crippen LogP contribution in [0.25, 0.3) is 10.1 Å². The Kier molecular flexibility index (Phi) is 4.86. The summed E-state index contributed by atoms with van der Waals surface area (Å²) in [5.41, 5.74) is 1.000. The molecule has 1 fully saturated rings. The van der Waals surface area contributed by atoms with E-state index in [0.717, 1.165) is 29.7 Å². The SMILES string of the molecule is O=C(NCC1CCCO1)c1cc2c(=O)n(Cc3ccccc3)ccc2s1. The smallest absolute Gasteiger partial charge is 0.261 e. The molecule has 3 aromatic rings. The van der Waals surface area contributed by atoms with Crippen LogP contribution in [0.1, 0.15) is 28.1 Å². The van der Waals surface area contributed by atoms with Gasteiger partial charge in [0.15, 0.2) is 0 Å². The van der Waals surface area contributed by atoms with E-state index in [2.05, 4.69) is 5.32 Å². The van der Waals surface area contributed by atoms with Crippen LogP contribution in [-0.4, -0.2) is 29.7 Å². The third-order valence-corrected chi connectivity index (χ3v) is 5.69. The molecule has 2 aromatic heterocycles. The maximum absolute atomic E-state index is 12.8. The lowest BCUT2D eigenvalue weighted by Gasteiger charge is -2.09. The van der Waals surface area contributed by atoms with Crippen LogP contribution >= 0.6 is 11.3 Å². The van der Waals surface area contributed by atoms with Gasteiger partial charge >= 0.3 is 0 Å². The van der Waals surface area contributed by atoms with Gasteiger partial charge in [0, 0.05) is 24.0 Å². The number of benzene rings is 1. The Labute approximate surface area is 155 Å². The Morgan fingerprint density at radius 2 is 2.12 bits per heavy atom. The zero-order valence-electron chi connectivity index (χ0n) is 14.3. The molecule has 0 radical (unpaired) electrons. The van der Waals surface area contributed by atoms with Gasteiger partial charge in [-0.3, -0.25) is 9.59 Å². The number of aromatic nitrogens is 1. The van der Waals surface area contributed by atoms with Crippen molar-refractivity contribution in [2.24, 2.45) is 0 Å². The third kappa shape index (κ3) is 3.57. The number of hydrogen-bond donors (Lipinski definition) is 1. The van der Waals surface area contributed by atoms with E-state index < -0.39 is 0 Å². The summed E-state index contributed by atoms with van der Waals surface area (Å²) in [6, 6.07) is 13.5. The number of thiophene rings is 1. The van der Waals surface area contributed by atoms with Crippen molar-refractivity contribution in [3.05, 3.63) is 69.5 Å². The molecule has 0 bridgehead atoms. The maximum atomic E-state index is 12.8. The van der Waals surface area contributed by atoms with Gasteiger partial charge in [0.2, 0.25) is 0 Å². The summed E-state index contributed by atoms with van der Waals surface area (Å²) in [5.74, 6) is -0.143. The molecule has 5 nitrogen and oxygen atoms in total. The summed E-state index contributed by atoms with van der Waals surface area (Å²) in [6.45, 7) is 1.81. The average molecular weight is 368 g/mol. The minimum atomic E-state index is -0.143. The summed E-state index contributed by atoms with van der Waals surface area (Å²) in [4.78, 5) is 25.7. The molecule has 0 aliphatic carbocycles. The lowest BCUT2D eigenvalue weighted by Crippen LogP contribution is -2.31. The molecule has 0 spiro atoms. The second kappa shape index (κ2) is 7.43. The highest BCUT2D eigenvalue weighted by Gasteiger charge is 2.18. The Balaban J connectivity index is 1.54. The van der Waals surface area contributed by atoms with Crippen molar-refractivity contribution in [2.75, 3.05) is 13.2 Å². The van der Waals surface area contributed by atoms with Gasteiger partial charge in [0.1, 0.15) is 0 Å². The molecule has 0 saturated carbocycles. The van der Waals surface area contributed by atoms with Crippen molar-refractivity contribution in [1.29, 1.82) is 0 Å². The standard InChI is InChI=1S/C20H20N2O3S/c23-19(21-12-15-7-4-10-25-15)18-11-16-17(26-18)8-9-22(20(16)24)13-14-5-2-1-3-6-14/h1-3,5-6,8-9,11,15H,4,7,10,12-13H2,(H,21,23). The molecule has 1 amide bonds. The molecule has 1 N–H and O–H groups in total. The van der Waals surface area contributed by atoms with Crippen molar-refractivity contribution in [3.8, 4) is 0 Å². The van der Waals surface area contributed by atoms with E-state index in [4.69, 9.17) is 4.74 Å². The number of pyridine rings is 1. The molecule has 1 saturated heterocycles. The van der Waals surface area contributed by atoms with E-state index >= 15 is 0 Å². The van der Waals surface area contributed by atoms with Gasteiger partial charge in [-0.15, -0.1) is 11.3 Å². The van der Waals surface area contributed by atoms with E-state index in [1.165, 1.54) is 11.3 Å². The highest BCUT2D eigenvalue weighted by molar-refractivity contribution is 7.20. The van der Waals surface area contributed by atoms with Gasteiger partial charge in [-0.25, -0.2) is 0 Å². The second-order valence-electron chi connectivity index (χ2n) is 6.47. The lowest BCUT2D eigenvalue weighted by atomic mass is 10.2. The summed E-state index contributed by atoms with van der Waals surface area (Å²) < 4.78 is 8.04. The van der Waals surface area contributed by atoms with E-state index in [1.54, 1.807) is 16.8 Å². The number of rotatable bonds is 5. The lowest BCUT2D eigenvalue weighted by molar-refractivity contribution is 0.0861. The number of fused-ring (bicyclic) bond motifs is 1. The maximum Gasteiger partial charge on any atom is 0.261 e. The van der Waals surface area contributed by atoms with Gasteiger partial charge in [-0.2, -0.15) is 0 Å². The van der Waals surface area contributed by atoms with E-state index in [-0.39, 0.29) is 17.6 Å². The van der Waals surface area contributed by atoms with Crippen molar-refractivity contribution in [2.45, 2.75) is 25.5 Å². The van der Waals surface area contributed by atoms with Gasteiger partial charge in [0.05, 0.1) is 22.9 Å². The Hall–Kier alpha value is -2.44. The third-order valence-electron chi connectivity index (χ3n) is 4.59. The monoisotopic (exact) mass is 368 g/mol. The quantitative estimate of drug-likeness (QED) is 0.753. The number of nitrogens with one attached hydrogen (secondary N) is 1. The average Bonchev–Trinajstić information content (AvgIpc) is 3.33. The normalized spacial score (nSPS) is 16.8. The van der Waals surface area contributed by atoms with Gasteiger partial charge in [-0.05, 0) is 30.5 Å². The predicted octanol–water partition coefficient (Wildman–Crippen LogP) is 3.02. The molecular weight excluding hydrogens is 348 g/mol. The molecule has 26 heavy (non-hydrogen) atoms. The first-order valence-corrected chi connectivity index (χ1v) is 9.59. The van der Waals surface area contributed by atoms with Crippen LogP contribution in [-0.2, 0) is 11.3 Å². The summed E-state index contributed by atoms with van der Waals surface area (Å²) in [5, 5.41) is 3.51. The minimum absolute atomic E-state index is 0.0687. The molecule has 1 aliphatic heterocycles. The molecule has 1 unspecified atom stereocenters. The molecule has 1 aromatic carbocycles.